The first-order chi connectivity index (χ1) is 7.66. The van der Waals surface area contributed by atoms with Gasteiger partial charge in [-0.1, -0.05) is 0 Å². The average molecular weight is 215 g/mol. The molecule has 2 aromatic rings. The van der Waals surface area contributed by atoms with Gasteiger partial charge in [-0.2, -0.15) is 0 Å². The molecule has 2 rings (SSSR count). The summed E-state index contributed by atoms with van der Waals surface area (Å²) in [7, 11) is 0. The molecule has 0 aliphatic rings. The molecule has 0 aliphatic carbocycles. The third-order valence-corrected chi connectivity index (χ3v) is 2.26. The van der Waals surface area contributed by atoms with E-state index in [0.717, 1.165) is 11.1 Å². The molecule has 1 atom stereocenters. The number of aromatic nitrogens is 3. The molecule has 0 fully saturated rings. The Morgan fingerprint density at radius 3 is 2.31 bits per heavy atom. The van der Waals surface area contributed by atoms with Gasteiger partial charge in [0.05, 0.1) is 0 Å². The van der Waals surface area contributed by atoms with Crippen LogP contribution in [0.3, 0.4) is 0 Å². The molecule has 1 unspecified atom stereocenters. The normalized spacial score (nSPS) is 12.4. The number of aryl methyl sites for hydroxylation is 2. The molecule has 0 aliphatic heterocycles. The summed E-state index contributed by atoms with van der Waals surface area (Å²) in [6.45, 7) is 3.84. The van der Waals surface area contributed by atoms with E-state index in [1.807, 2.05) is 19.9 Å². The highest BCUT2D eigenvalue weighted by Crippen LogP contribution is 2.18. The first-order valence-corrected chi connectivity index (χ1v) is 5.05. The Bertz CT molecular complexity index is 482. The van der Waals surface area contributed by atoms with E-state index in [1.54, 1.807) is 24.8 Å². The number of nitrogens with zero attached hydrogens (tertiary/aromatic N) is 3. The summed E-state index contributed by atoms with van der Waals surface area (Å²) < 4.78 is 0. The van der Waals surface area contributed by atoms with E-state index in [1.165, 1.54) is 0 Å². The Balaban J connectivity index is 2.31. The fraction of sp³-hybridized carbons (Fsp3) is 0.250. The third kappa shape index (κ3) is 2.23. The summed E-state index contributed by atoms with van der Waals surface area (Å²) in [5.74, 6) is 0.401. The molecule has 0 saturated carbocycles. The molecular formula is C12H13N3O. The number of aliphatic hydroxyl groups is 1. The van der Waals surface area contributed by atoms with Gasteiger partial charge in [0, 0.05) is 30.4 Å². The lowest BCUT2D eigenvalue weighted by atomic mass is 10.1. The zero-order valence-corrected chi connectivity index (χ0v) is 9.25. The molecule has 4 heteroatoms. The van der Waals surface area contributed by atoms with E-state index in [2.05, 4.69) is 15.0 Å². The predicted octanol–water partition coefficient (Wildman–Crippen LogP) is 1.57. The van der Waals surface area contributed by atoms with Crippen LogP contribution >= 0.6 is 0 Å². The van der Waals surface area contributed by atoms with Crippen molar-refractivity contribution in [1.29, 1.82) is 0 Å². The van der Waals surface area contributed by atoms with E-state index in [9.17, 15) is 5.11 Å². The number of hydrogen-bond donors (Lipinski definition) is 1. The first kappa shape index (κ1) is 10.7. The Labute approximate surface area is 94.0 Å². The topological polar surface area (TPSA) is 58.9 Å². The quantitative estimate of drug-likeness (QED) is 0.826. The van der Waals surface area contributed by atoms with Gasteiger partial charge in [-0.15, -0.1) is 0 Å². The van der Waals surface area contributed by atoms with Crippen LogP contribution in [-0.2, 0) is 0 Å². The number of pyridine rings is 1. The van der Waals surface area contributed by atoms with Crippen molar-refractivity contribution in [2.24, 2.45) is 0 Å². The van der Waals surface area contributed by atoms with Crippen LogP contribution in [-0.4, -0.2) is 20.1 Å². The van der Waals surface area contributed by atoms with E-state index in [-0.39, 0.29) is 0 Å². The van der Waals surface area contributed by atoms with E-state index in [4.69, 9.17) is 0 Å². The van der Waals surface area contributed by atoms with Gasteiger partial charge in [-0.25, -0.2) is 9.97 Å². The summed E-state index contributed by atoms with van der Waals surface area (Å²) in [4.78, 5) is 12.2. The second kappa shape index (κ2) is 4.37. The minimum absolute atomic E-state index is 0.401. The zero-order valence-electron chi connectivity index (χ0n) is 9.25. The van der Waals surface area contributed by atoms with Crippen LogP contribution < -0.4 is 0 Å². The molecule has 0 saturated heterocycles. The van der Waals surface area contributed by atoms with Crippen LogP contribution in [0, 0.1) is 13.8 Å². The molecule has 2 aromatic heterocycles. The maximum absolute atomic E-state index is 10.0. The fourth-order valence-corrected chi connectivity index (χ4v) is 1.42. The highest BCUT2D eigenvalue weighted by molar-refractivity contribution is 5.23. The minimum atomic E-state index is -0.812. The lowest BCUT2D eigenvalue weighted by molar-refractivity contribution is 0.209. The largest absolute Gasteiger partial charge is 0.380 e. The predicted molar refractivity (Wildman–Crippen MR) is 59.8 cm³/mol. The molecular weight excluding hydrogens is 202 g/mol. The Kier molecular flexibility index (Phi) is 2.92. The van der Waals surface area contributed by atoms with Crippen molar-refractivity contribution in [3.05, 3.63) is 53.4 Å². The molecule has 2 heterocycles. The molecule has 82 valence electrons. The summed E-state index contributed by atoms with van der Waals surface area (Å²) >= 11 is 0. The molecule has 4 nitrogen and oxygen atoms in total. The summed E-state index contributed by atoms with van der Waals surface area (Å²) in [6, 6.07) is 1.88. The van der Waals surface area contributed by atoms with Crippen LogP contribution in [0.5, 0.6) is 0 Å². The van der Waals surface area contributed by atoms with E-state index in [0.29, 0.717) is 11.4 Å². The molecule has 0 radical (unpaired) electrons. The molecule has 0 spiro atoms. The molecule has 1 N–H and O–H groups in total. The van der Waals surface area contributed by atoms with Crippen molar-refractivity contribution in [3.63, 3.8) is 0 Å². The average Bonchev–Trinajstić information content (AvgIpc) is 2.29. The second-order valence-corrected chi connectivity index (χ2v) is 3.82. The second-order valence-electron chi connectivity index (χ2n) is 3.82. The van der Waals surface area contributed by atoms with E-state index < -0.39 is 6.10 Å². The van der Waals surface area contributed by atoms with Gasteiger partial charge < -0.3 is 5.11 Å². The number of rotatable bonds is 2. The van der Waals surface area contributed by atoms with Crippen LogP contribution in [0.4, 0.5) is 0 Å². The van der Waals surface area contributed by atoms with Crippen LogP contribution in [0.25, 0.3) is 0 Å². The molecule has 0 amide bonds. The SMILES string of the molecule is Cc1cnc(C(O)c2cncc(C)c2)nc1. The highest BCUT2D eigenvalue weighted by Gasteiger charge is 2.13. The van der Waals surface area contributed by atoms with Gasteiger partial charge in [0.25, 0.3) is 0 Å². The maximum Gasteiger partial charge on any atom is 0.161 e. The standard InChI is InChI=1S/C12H13N3O/c1-8-3-10(7-13-4-8)11(16)12-14-5-9(2)6-15-12/h3-7,11,16H,1-2H3. The minimum Gasteiger partial charge on any atom is -0.380 e. The monoisotopic (exact) mass is 215 g/mol. The van der Waals surface area contributed by atoms with Gasteiger partial charge in [0.15, 0.2) is 5.82 Å². The lowest BCUT2D eigenvalue weighted by Crippen LogP contribution is -2.05. The van der Waals surface area contributed by atoms with Gasteiger partial charge in [0.1, 0.15) is 6.10 Å². The third-order valence-electron chi connectivity index (χ3n) is 2.26. The van der Waals surface area contributed by atoms with Gasteiger partial charge >= 0.3 is 0 Å². The van der Waals surface area contributed by atoms with Crippen molar-refractivity contribution in [2.75, 3.05) is 0 Å². The lowest BCUT2D eigenvalue weighted by Gasteiger charge is -2.09. The first-order valence-electron chi connectivity index (χ1n) is 5.05. The van der Waals surface area contributed by atoms with Gasteiger partial charge in [-0.05, 0) is 31.0 Å². The molecule has 16 heavy (non-hydrogen) atoms. The summed E-state index contributed by atoms with van der Waals surface area (Å²) in [5.41, 5.74) is 2.69. The van der Waals surface area contributed by atoms with Crippen molar-refractivity contribution in [3.8, 4) is 0 Å². The zero-order chi connectivity index (χ0) is 11.5. The Morgan fingerprint density at radius 2 is 1.69 bits per heavy atom. The van der Waals surface area contributed by atoms with Crippen LogP contribution in [0.1, 0.15) is 28.6 Å². The van der Waals surface area contributed by atoms with Crippen LogP contribution in [0.15, 0.2) is 30.9 Å². The Morgan fingerprint density at radius 1 is 1.00 bits per heavy atom. The highest BCUT2D eigenvalue weighted by atomic mass is 16.3. The van der Waals surface area contributed by atoms with Crippen molar-refractivity contribution >= 4 is 0 Å². The molecule has 0 aromatic carbocycles. The van der Waals surface area contributed by atoms with E-state index >= 15 is 0 Å². The molecule has 0 bridgehead atoms. The number of hydrogen-bond acceptors (Lipinski definition) is 4. The fourth-order valence-electron chi connectivity index (χ4n) is 1.42. The van der Waals surface area contributed by atoms with Crippen LogP contribution in [0.2, 0.25) is 0 Å². The summed E-state index contributed by atoms with van der Waals surface area (Å²) in [5, 5.41) is 10.0. The van der Waals surface area contributed by atoms with Crippen molar-refractivity contribution < 1.29 is 5.11 Å². The Hall–Kier alpha value is -1.81. The van der Waals surface area contributed by atoms with Crippen molar-refractivity contribution in [2.45, 2.75) is 20.0 Å². The summed E-state index contributed by atoms with van der Waals surface area (Å²) in [6.07, 6.45) is 5.93. The van der Waals surface area contributed by atoms with Gasteiger partial charge in [0.2, 0.25) is 0 Å². The smallest absolute Gasteiger partial charge is 0.161 e. The van der Waals surface area contributed by atoms with Crippen molar-refractivity contribution in [1.82, 2.24) is 15.0 Å². The number of aliphatic hydroxyl groups excluding tert-OH is 1. The maximum atomic E-state index is 10.0. The van der Waals surface area contributed by atoms with Gasteiger partial charge in [-0.3, -0.25) is 4.98 Å².